The Morgan fingerprint density at radius 1 is 1.43 bits per heavy atom. The molecule has 23 heavy (non-hydrogen) atoms. The minimum atomic E-state index is -0.268. The molecule has 118 valence electrons. The second-order valence-corrected chi connectivity index (χ2v) is 6.09. The maximum absolute atomic E-state index is 12.0. The van der Waals surface area contributed by atoms with Gasteiger partial charge in [0.25, 0.3) is 5.56 Å². The number of carbonyl (C=O) groups excluding carboxylic acids is 1. The van der Waals surface area contributed by atoms with E-state index in [4.69, 9.17) is 5.26 Å². The van der Waals surface area contributed by atoms with Crippen molar-refractivity contribution < 1.29 is 4.79 Å². The van der Waals surface area contributed by atoms with Gasteiger partial charge < -0.3 is 10.3 Å². The molecule has 1 aromatic heterocycles. The molecular weight excluding hydrogens is 312 g/mol. The molecule has 2 aromatic rings. The Kier molecular flexibility index (Phi) is 5.55. The number of nitrogens with zero attached hydrogens (tertiary/aromatic N) is 2. The third-order valence-electron chi connectivity index (χ3n) is 2.99. The number of benzene rings is 1. The molecule has 2 N–H and O–H groups in total. The minimum Gasteiger partial charge on any atom is -0.324 e. The summed E-state index contributed by atoms with van der Waals surface area (Å²) in [6.45, 7) is 3.89. The number of carbonyl (C=O) groups is 1. The van der Waals surface area contributed by atoms with Crippen molar-refractivity contribution in [2.24, 2.45) is 0 Å². The number of anilines is 1. The minimum absolute atomic E-state index is 0.0876. The van der Waals surface area contributed by atoms with Gasteiger partial charge >= 0.3 is 0 Å². The summed E-state index contributed by atoms with van der Waals surface area (Å²) in [5.41, 5.74) is 1.32. The number of nitriles is 1. The summed E-state index contributed by atoms with van der Waals surface area (Å²) in [6, 6.07) is 10.3. The lowest BCUT2D eigenvalue weighted by Crippen LogP contribution is -2.16. The number of para-hydroxylation sites is 1. The number of aromatic nitrogens is 2. The molecule has 0 unspecified atom stereocenters. The van der Waals surface area contributed by atoms with Crippen LogP contribution in [-0.4, -0.2) is 21.6 Å². The molecule has 1 heterocycles. The molecule has 0 radical (unpaired) electrons. The number of H-pyrrole nitrogens is 1. The van der Waals surface area contributed by atoms with Crippen molar-refractivity contribution in [1.29, 1.82) is 5.26 Å². The van der Waals surface area contributed by atoms with Crippen molar-refractivity contribution in [3.05, 3.63) is 51.9 Å². The van der Waals surface area contributed by atoms with E-state index < -0.39 is 0 Å². The van der Waals surface area contributed by atoms with Crippen molar-refractivity contribution in [2.75, 3.05) is 11.1 Å². The average Bonchev–Trinajstić information content (AvgIpc) is 2.53. The zero-order valence-corrected chi connectivity index (χ0v) is 13.6. The normalized spacial score (nSPS) is 10.3. The number of rotatable bonds is 5. The molecule has 0 aliphatic heterocycles. The summed E-state index contributed by atoms with van der Waals surface area (Å²) in [5, 5.41) is 12.1. The number of thioether (sulfide) groups is 1. The number of hydrogen-bond donors (Lipinski definition) is 2. The van der Waals surface area contributed by atoms with Gasteiger partial charge in [-0.15, -0.1) is 0 Å². The molecule has 0 saturated heterocycles. The highest BCUT2D eigenvalue weighted by molar-refractivity contribution is 7.99. The second-order valence-electron chi connectivity index (χ2n) is 5.12. The smallest absolute Gasteiger partial charge is 0.251 e. The van der Waals surface area contributed by atoms with Crippen molar-refractivity contribution in [1.82, 2.24) is 9.97 Å². The van der Waals surface area contributed by atoms with Crippen LogP contribution in [-0.2, 0) is 4.79 Å². The van der Waals surface area contributed by atoms with Gasteiger partial charge in [0.2, 0.25) is 5.91 Å². The van der Waals surface area contributed by atoms with Crippen molar-refractivity contribution in [3.63, 3.8) is 0 Å². The first kappa shape index (κ1) is 16.8. The molecular formula is C16H16N4O2S. The monoisotopic (exact) mass is 328 g/mol. The standard InChI is InChI=1S/C16H16N4O2S/c1-10(2)13-7-14(21)20-16(19-13)23-9-15(22)18-12-6-4-3-5-11(12)8-17/h3-7,10H,9H2,1-2H3,(H,18,22)(H,19,20,21). The fourth-order valence-corrected chi connectivity index (χ4v) is 2.51. The van der Waals surface area contributed by atoms with Gasteiger partial charge in [-0.05, 0) is 18.1 Å². The van der Waals surface area contributed by atoms with Crippen LogP contribution in [0.4, 0.5) is 5.69 Å². The molecule has 0 fully saturated rings. The Morgan fingerprint density at radius 2 is 2.17 bits per heavy atom. The van der Waals surface area contributed by atoms with E-state index in [9.17, 15) is 9.59 Å². The predicted octanol–water partition coefficient (Wildman–Crippen LogP) is 2.50. The van der Waals surface area contributed by atoms with Crippen LogP contribution in [0.1, 0.15) is 31.0 Å². The van der Waals surface area contributed by atoms with Crippen LogP contribution in [0, 0.1) is 11.3 Å². The highest BCUT2D eigenvalue weighted by atomic mass is 32.2. The fraction of sp³-hybridized carbons (Fsp3) is 0.250. The van der Waals surface area contributed by atoms with E-state index in [0.29, 0.717) is 22.1 Å². The van der Waals surface area contributed by atoms with Crippen molar-refractivity contribution in [3.8, 4) is 6.07 Å². The number of hydrogen-bond acceptors (Lipinski definition) is 5. The molecule has 1 aromatic carbocycles. The van der Waals surface area contributed by atoms with Crippen LogP contribution in [0.3, 0.4) is 0 Å². The zero-order chi connectivity index (χ0) is 16.8. The SMILES string of the molecule is CC(C)c1cc(=O)[nH]c(SCC(=O)Nc2ccccc2C#N)n1. The number of nitrogens with one attached hydrogen (secondary N) is 2. The summed E-state index contributed by atoms with van der Waals surface area (Å²) in [6.07, 6.45) is 0. The van der Waals surface area contributed by atoms with Crippen molar-refractivity contribution in [2.45, 2.75) is 24.9 Å². The molecule has 0 aliphatic rings. The summed E-state index contributed by atoms with van der Waals surface area (Å²) in [5.74, 6) is -0.0483. The van der Waals surface area contributed by atoms with E-state index in [-0.39, 0.29) is 23.1 Å². The molecule has 0 aliphatic carbocycles. The Bertz CT molecular complexity index is 808. The first-order valence-electron chi connectivity index (χ1n) is 7.02. The zero-order valence-electron chi connectivity index (χ0n) is 12.8. The first-order valence-corrected chi connectivity index (χ1v) is 8.01. The number of amides is 1. The van der Waals surface area contributed by atoms with E-state index >= 15 is 0 Å². The quantitative estimate of drug-likeness (QED) is 0.649. The molecule has 6 nitrogen and oxygen atoms in total. The molecule has 2 rings (SSSR count). The maximum atomic E-state index is 12.0. The molecule has 0 spiro atoms. The third kappa shape index (κ3) is 4.69. The lowest BCUT2D eigenvalue weighted by Gasteiger charge is -2.08. The molecule has 0 atom stereocenters. The van der Waals surface area contributed by atoms with E-state index in [2.05, 4.69) is 15.3 Å². The van der Waals surface area contributed by atoms with Crippen LogP contribution in [0.25, 0.3) is 0 Å². The van der Waals surface area contributed by atoms with E-state index in [1.165, 1.54) is 6.07 Å². The van der Waals surface area contributed by atoms with Gasteiger partial charge in [-0.2, -0.15) is 5.26 Å². The van der Waals surface area contributed by atoms with Gasteiger partial charge in [-0.3, -0.25) is 9.59 Å². The van der Waals surface area contributed by atoms with Gasteiger partial charge in [0, 0.05) is 6.07 Å². The Hall–Kier alpha value is -2.59. The maximum Gasteiger partial charge on any atom is 0.251 e. The predicted molar refractivity (Wildman–Crippen MR) is 89.5 cm³/mol. The summed E-state index contributed by atoms with van der Waals surface area (Å²) in [7, 11) is 0. The van der Waals surface area contributed by atoms with Crippen LogP contribution < -0.4 is 10.9 Å². The largest absolute Gasteiger partial charge is 0.324 e. The van der Waals surface area contributed by atoms with Crippen LogP contribution in [0.15, 0.2) is 40.3 Å². The topological polar surface area (TPSA) is 98.6 Å². The third-order valence-corrected chi connectivity index (χ3v) is 3.87. The summed E-state index contributed by atoms with van der Waals surface area (Å²) in [4.78, 5) is 30.5. The second kappa shape index (κ2) is 7.61. The Labute approximate surface area is 138 Å². The van der Waals surface area contributed by atoms with E-state index in [1.54, 1.807) is 24.3 Å². The van der Waals surface area contributed by atoms with Crippen LogP contribution in [0.5, 0.6) is 0 Å². The van der Waals surface area contributed by atoms with Gasteiger partial charge in [-0.1, -0.05) is 37.7 Å². The van der Waals surface area contributed by atoms with Gasteiger partial charge in [0.05, 0.1) is 22.7 Å². The van der Waals surface area contributed by atoms with E-state index in [1.807, 2.05) is 19.9 Å². The van der Waals surface area contributed by atoms with Crippen LogP contribution >= 0.6 is 11.8 Å². The molecule has 0 saturated carbocycles. The van der Waals surface area contributed by atoms with Gasteiger partial charge in [0.15, 0.2) is 5.16 Å². The van der Waals surface area contributed by atoms with E-state index in [0.717, 1.165) is 11.8 Å². The Morgan fingerprint density at radius 3 is 2.87 bits per heavy atom. The van der Waals surface area contributed by atoms with Gasteiger partial charge in [0.1, 0.15) is 6.07 Å². The lowest BCUT2D eigenvalue weighted by molar-refractivity contribution is -0.113. The van der Waals surface area contributed by atoms with Crippen molar-refractivity contribution >= 4 is 23.4 Å². The highest BCUT2D eigenvalue weighted by Crippen LogP contribution is 2.17. The lowest BCUT2D eigenvalue weighted by atomic mass is 10.1. The molecule has 0 bridgehead atoms. The number of aromatic amines is 1. The van der Waals surface area contributed by atoms with Crippen LogP contribution in [0.2, 0.25) is 0 Å². The first-order chi connectivity index (χ1) is 11.0. The van der Waals surface area contributed by atoms with Gasteiger partial charge in [-0.25, -0.2) is 4.98 Å². The molecule has 1 amide bonds. The average molecular weight is 328 g/mol. The fourth-order valence-electron chi connectivity index (χ4n) is 1.83. The summed E-state index contributed by atoms with van der Waals surface area (Å²) >= 11 is 1.15. The highest BCUT2D eigenvalue weighted by Gasteiger charge is 2.10. The Balaban J connectivity index is 2.02. The summed E-state index contributed by atoms with van der Waals surface area (Å²) < 4.78 is 0. The molecule has 7 heteroatoms.